The fraction of sp³-hybridized carbons (Fsp3) is 0.192. The molecule has 168 valence electrons. The second kappa shape index (κ2) is 8.80. The number of rotatable bonds is 5. The number of hydrogen-bond donors (Lipinski definition) is 0. The molecule has 5 rings (SSSR count). The van der Waals surface area contributed by atoms with Crippen molar-refractivity contribution in [2.45, 2.75) is 18.3 Å². The van der Waals surface area contributed by atoms with Crippen LogP contribution in [0.2, 0.25) is 0 Å². The second-order valence-electron chi connectivity index (χ2n) is 8.19. The molecular formula is C26H21BrF3N3. The van der Waals surface area contributed by atoms with Gasteiger partial charge >= 0.3 is 6.18 Å². The highest BCUT2D eigenvalue weighted by atomic mass is 79.9. The van der Waals surface area contributed by atoms with Gasteiger partial charge in [0.1, 0.15) is 0 Å². The lowest BCUT2D eigenvalue weighted by Crippen LogP contribution is -2.50. The van der Waals surface area contributed by atoms with Crippen LogP contribution in [-0.2, 0) is 6.18 Å². The Bertz CT molecular complexity index is 1190. The van der Waals surface area contributed by atoms with E-state index in [0.717, 1.165) is 19.2 Å². The first-order valence-corrected chi connectivity index (χ1v) is 11.5. The second-order valence-corrected chi connectivity index (χ2v) is 9.04. The molecule has 3 aromatic carbocycles. The molecule has 1 aliphatic rings. The van der Waals surface area contributed by atoms with E-state index in [0.29, 0.717) is 15.7 Å². The number of likely N-dealkylation sites (tertiary alicyclic amines) is 1. The number of hydrogen-bond acceptors (Lipinski definition) is 2. The number of aromatic nitrogens is 2. The molecule has 7 heteroatoms. The first kappa shape index (κ1) is 21.9. The number of benzene rings is 3. The van der Waals surface area contributed by atoms with Crippen LogP contribution in [0.3, 0.4) is 0 Å². The molecule has 0 spiro atoms. The molecule has 0 N–H and O–H groups in total. The largest absolute Gasteiger partial charge is 0.416 e. The molecule has 2 heterocycles. The van der Waals surface area contributed by atoms with E-state index in [1.54, 1.807) is 12.3 Å². The molecular weight excluding hydrogens is 491 g/mol. The van der Waals surface area contributed by atoms with Crippen LogP contribution in [0.1, 0.15) is 28.8 Å². The third-order valence-electron chi connectivity index (χ3n) is 6.07. The van der Waals surface area contributed by atoms with Crippen molar-refractivity contribution in [2.75, 3.05) is 13.1 Å². The molecule has 1 aromatic heterocycles. The maximum atomic E-state index is 13.3. The molecule has 1 aliphatic heterocycles. The Hall–Kier alpha value is -2.90. The first-order valence-electron chi connectivity index (χ1n) is 10.7. The Labute approximate surface area is 198 Å². The highest BCUT2D eigenvalue weighted by Gasteiger charge is 2.37. The molecule has 1 fully saturated rings. The Morgan fingerprint density at radius 3 is 2.03 bits per heavy atom. The van der Waals surface area contributed by atoms with Crippen LogP contribution >= 0.6 is 15.9 Å². The Morgan fingerprint density at radius 2 is 1.45 bits per heavy atom. The molecule has 0 saturated carbocycles. The van der Waals surface area contributed by atoms with Crippen molar-refractivity contribution < 1.29 is 13.2 Å². The van der Waals surface area contributed by atoms with Crippen molar-refractivity contribution in [3.05, 3.63) is 112 Å². The van der Waals surface area contributed by atoms with Gasteiger partial charge in [-0.3, -0.25) is 9.58 Å². The zero-order valence-electron chi connectivity index (χ0n) is 17.6. The smallest absolute Gasteiger partial charge is 0.288 e. The van der Waals surface area contributed by atoms with Crippen LogP contribution in [0.5, 0.6) is 0 Å². The molecule has 0 unspecified atom stereocenters. The van der Waals surface area contributed by atoms with E-state index < -0.39 is 11.7 Å². The van der Waals surface area contributed by atoms with Crippen molar-refractivity contribution in [2.24, 2.45) is 0 Å². The fourth-order valence-corrected chi connectivity index (χ4v) is 4.90. The first-order chi connectivity index (χ1) is 15.9. The van der Waals surface area contributed by atoms with Crippen LogP contribution in [0.25, 0.3) is 11.3 Å². The van der Waals surface area contributed by atoms with Crippen LogP contribution in [0.15, 0.2) is 95.6 Å². The lowest BCUT2D eigenvalue weighted by Gasteiger charge is -2.45. The molecule has 0 aliphatic carbocycles. The molecule has 33 heavy (non-hydrogen) atoms. The zero-order valence-corrected chi connectivity index (χ0v) is 19.2. The standard InChI is InChI=1S/C26H21BrF3N3/c27-23-12-11-20(26(28,29)30)15-22(23)24-13-14-31-33(24)21-16-32(17-21)25(18-7-3-1-4-8-18)19-9-5-2-6-10-19/h1-15,21,25H,16-17H2. The monoisotopic (exact) mass is 511 g/mol. The summed E-state index contributed by atoms with van der Waals surface area (Å²) in [5.41, 5.74) is 2.92. The van der Waals surface area contributed by atoms with Crippen LogP contribution in [0.4, 0.5) is 13.2 Å². The minimum absolute atomic E-state index is 0.0753. The number of halogens is 4. The quantitative estimate of drug-likeness (QED) is 0.288. The Morgan fingerprint density at radius 1 is 0.848 bits per heavy atom. The van der Waals surface area contributed by atoms with Gasteiger partial charge in [-0.15, -0.1) is 0 Å². The predicted molar refractivity (Wildman–Crippen MR) is 126 cm³/mol. The normalized spacial score (nSPS) is 15.1. The Balaban J connectivity index is 1.42. The van der Waals surface area contributed by atoms with Crippen LogP contribution < -0.4 is 0 Å². The van der Waals surface area contributed by atoms with Gasteiger partial charge < -0.3 is 0 Å². The summed E-state index contributed by atoms with van der Waals surface area (Å²) in [7, 11) is 0. The summed E-state index contributed by atoms with van der Waals surface area (Å²) in [5.74, 6) is 0. The van der Waals surface area contributed by atoms with E-state index in [2.05, 4.69) is 50.2 Å². The van der Waals surface area contributed by atoms with Gasteiger partial charge in [-0.25, -0.2) is 0 Å². The minimum atomic E-state index is -4.40. The van der Waals surface area contributed by atoms with Gasteiger partial charge in [-0.2, -0.15) is 18.3 Å². The summed E-state index contributed by atoms with van der Waals surface area (Å²) < 4.78 is 42.3. The molecule has 0 bridgehead atoms. The van der Waals surface area contributed by atoms with E-state index in [1.165, 1.54) is 23.3 Å². The average molecular weight is 512 g/mol. The third kappa shape index (κ3) is 4.35. The van der Waals surface area contributed by atoms with Gasteiger partial charge in [0.2, 0.25) is 0 Å². The summed E-state index contributed by atoms with van der Waals surface area (Å²) in [6.07, 6.45) is -2.75. The zero-order chi connectivity index (χ0) is 23.0. The van der Waals surface area contributed by atoms with Crippen molar-refractivity contribution in [1.82, 2.24) is 14.7 Å². The van der Waals surface area contributed by atoms with Crippen molar-refractivity contribution in [1.29, 1.82) is 0 Å². The summed E-state index contributed by atoms with van der Waals surface area (Å²) in [4.78, 5) is 2.38. The molecule has 1 saturated heterocycles. The summed E-state index contributed by atoms with van der Waals surface area (Å²) in [6, 6.07) is 26.4. The minimum Gasteiger partial charge on any atom is -0.288 e. The van der Waals surface area contributed by atoms with E-state index in [-0.39, 0.29) is 12.1 Å². The van der Waals surface area contributed by atoms with Gasteiger partial charge in [0.15, 0.2) is 0 Å². The van der Waals surface area contributed by atoms with Gasteiger partial charge in [0, 0.05) is 29.3 Å². The highest BCUT2D eigenvalue weighted by molar-refractivity contribution is 9.10. The van der Waals surface area contributed by atoms with Crippen molar-refractivity contribution in [3.8, 4) is 11.3 Å². The predicted octanol–water partition coefficient (Wildman–Crippen LogP) is 6.98. The van der Waals surface area contributed by atoms with Gasteiger partial charge in [-0.1, -0.05) is 76.6 Å². The van der Waals surface area contributed by atoms with E-state index in [1.807, 2.05) is 41.1 Å². The van der Waals surface area contributed by atoms with Gasteiger partial charge in [0.05, 0.1) is 23.3 Å². The maximum absolute atomic E-state index is 13.3. The third-order valence-corrected chi connectivity index (χ3v) is 6.76. The van der Waals surface area contributed by atoms with Crippen molar-refractivity contribution in [3.63, 3.8) is 0 Å². The maximum Gasteiger partial charge on any atom is 0.416 e. The topological polar surface area (TPSA) is 21.1 Å². The lowest BCUT2D eigenvalue weighted by molar-refractivity contribution is -0.137. The molecule has 0 amide bonds. The number of alkyl halides is 3. The Kier molecular flexibility index (Phi) is 5.85. The summed E-state index contributed by atoms with van der Waals surface area (Å²) >= 11 is 3.42. The molecule has 4 aromatic rings. The van der Waals surface area contributed by atoms with E-state index in [4.69, 9.17) is 0 Å². The summed E-state index contributed by atoms with van der Waals surface area (Å²) in [5, 5.41) is 4.47. The SMILES string of the molecule is FC(F)(F)c1ccc(Br)c(-c2ccnn2C2CN(C(c3ccccc3)c3ccccc3)C2)c1. The van der Waals surface area contributed by atoms with E-state index in [9.17, 15) is 13.2 Å². The molecule has 0 atom stereocenters. The van der Waals surface area contributed by atoms with Gasteiger partial charge in [0.25, 0.3) is 0 Å². The van der Waals surface area contributed by atoms with Crippen LogP contribution in [-0.4, -0.2) is 27.8 Å². The fourth-order valence-electron chi connectivity index (χ4n) is 4.45. The number of nitrogens with zero attached hydrogens (tertiary/aromatic N) is 3. The van der Waals surface area contributed by atoms with Crippen molar-refractivity contribution >= 4 is 15.9 Å². The lowest BCUT2D eigenvalue weighted by atomic mass is 9.93. The van der Waals surface area contributed by atoms with E-state index >= 15 is 0 Å². The van der Waals surface area contributed by atoms with Gasteiger partial charge in [-0.05, 0) is 35.4 Å². The average Bonchev–Trinajstić information content (AvgIpc) is 3.25. The van der Waals surface area contributed by atoms with Crippen LogP contribution in [0, 0.1) is 0 Å². The highest BCUT2D eigenvalue weighted by Crippen LogP contribution is 2.40. The molecule has 0 radical (unpaired) electrons. The molecule has 3 nitrogen and oxygen atoms in total. The summed E-state index contributed by atoms with van der Waals surface area (Å²) in [6.45, 7) is 1.50.